The van der Waals surface area contributed by atoms with Gasteiger partial charge in [0, 0.05) is 32.7 Å². The number of carbonyl (C=O) groups is 4. The zero-order chi connectivity index (χ0) is 15.7. The van der Waals surface area contributed by atoms with Crippen molar-refractivity contribution < 1.29 is 61.4 Å². The molecule has 127 valence electrons. The summed E-state index contributed by atoms with van der Waals surface area (Å²) in [7, 11) is 0. The van der Waals surface area contributed by atoms with Gasteiger partial charge in [0.1, 0.15) is 0 Å². The molecule has 0 aromatic heterocycles. The second-order valence-electron chi connectivity index (χ2n) is 4.45. The number of carbonyl (C=O) groups excluding carboxylic acids is 4. The Morgan fingerprint density at radius 1 is 0.480 bits per heavy atom. The van der Waals surface area contributed by atoms with Crippen LogP contribution in [0.3, 0.4) is 0 Å². The van der Waals surface area contributed by atoms with Crippen LogP contribution in [0.1, 0.15) is 41.4 Å². The fourth-order valence-electron chi connectivity index (χ4n) is 2.07. The maximum atomic E-state index is 10.8. The number of benzene rings is 2. The molecule has 2 aliphatic rings. The van der Waals surface area contributed by atoms with Crippen LogP contribution in [0.5, 0.6) is 0 Å². The molecule has 2 aromatic carbocycles. The third-order valence-corrected chi connectivity index (χ3v) is 3.10. The topological polar surface area (TPSA) is 86.7 Å². The van der Waals surface area contributed by atoms with E-state index in [2.05, 4.69) is 9.47 Å². The molecule has 2 heterocycles. The number of hydrogen-bond acceptors (Lipinski definition) is 6. The molecule has 2 aliphatic heterocycles. The van der Waals surface area contributed by atoms with Crippen LogP contribution in [0.2, 0.25) is 0 Å². The number of hydrogen-bond donors (Lipinski definition) is 0. The Hall–Kier alpha value is -2.18. The SMILES string of the molecule is O=C1OC(=O)c2ccccc21.O=C1OC(=O)c2ccccc21.[CH3-].[CH3-].[Y]. The van der Waals surface area contributed by atoms with E-state index >= 15 is 0 Å². The van der Waals surface area contributed by atoms with Gasteiger partial charge in [-0.15, -0.1) is 0 Å². The average molecular weight is 415 g/mol. The molecular formula is C18H14O6Y-2. The van der Waals surface area contributed by atoms with Crippen LogP contribution in [-0.4, -0.2) is 23.9 Å². The van der Waals surface area contributed by atoms with Gasteiger partial charge in [-0.3, -0.25) is 0 Å². The number of rotatable bonds is 0. The van der Waals surface area contributed by atoms with E-state index in [1.807, 2.05) is 0 Å². The van der Waals surface area contributed by atoms with Crippen molar-refractivity contribution in [2.75, 3.05) is 0 Å². The summed E-state index contributed by atoms with van der Waals surface area (Å²) in [4.78, 5) is 43.3. The quantitative estimate of drug-likeness (QED) is 0.374. The molecule has 0 fully saturated rings. The van der Waals surface area contributed by atoms with E-state index in [1.54, 1.807) is 48.5 Å². The molecule has 0 bridgehead atoms. The van der Waals surface area contributed by atoms with Crippen LogP contribution in [0.25, 0.3) is 0 Å². The molecule has 6 nitrogen and oxygen atoms in total. The van der Waals surface area contributed by atoms with Gasteiger partial charge in [0.05, 0.1) is 22.3 Å². The fourth-order valence-corrected chi connectivity index (χ4v) is 2.07. The van der Waals surface area contributed by atoms with Gasteiger partial charge in [0.15, 0.2) is 0 Å². The van der Waals surface area contributed by atoms with Gasteiger partial charge in [0.2, 0.25) is 0 Å². The van der Waals surface area contributed by atoms with Crippen LogP contribution < -0.4 is 0 Å². The van der Waals surface area contributed by atoms with Gasteiger partial charge in [0.25, 0.3) is 0 Å². The van der Waals surface area contributed by atoms with E-state index < -0.39 is 23.9 Å². The van der Waals surface area contributed by atoms with Crippen molar-refractivity contribution in [3.63, 3.8) is 0 Å². The van der Waals surface area contributed by atoms with Gasteiger partial charge in [-0.05, 0) is 24.3 Å². The van der Waals surface area contributed by atoms with Crippen molar-refractivity contribution in [3.8, 4) is 0 Å². The molecule has 0 saturated carbocycles. The number of fused-ring (bicyclic) bond motifs is 2. The van der Waals surface area contributed by atoms with E-state index in [0.29, 0.717) is 22.3 Å². The van der Waals surface area contributed by atoms with Gasteiger partial charge in [-0.2, -0.15) is 0 Å². The fraction of sp³-hybridized carbons (Fsp3) is 0. The van der Waals surface area contributed by atoms with Crippen LogP contribution in [0, 0.1) is 14.9 Å². The Bertz CT molecular complexity index is 692. The molecule has 0 atom stereocenters. The zero-order valence-electron chi connectivity index (χ0n) is 13.6. The van der Waals surface area contributed by atoms with Crippen molar-refractivity contribution in [2.24, 2.45) is 0 Å². The largest absolute Gasteiger partial charge is 0.386 e. The normalized spacial score (nSPS) is 12.8. The zero-order valence-corrected chi connectivity index (χ0v) is 16.5. The van der Waals surface area contributed by atoms with Crippen molar-refractivity contribution in [2.45, 2.75) is 0 Å². The second-order valence-corrected chi connectivity index (χ2v) is 4.45. The minimum atomic E-state index is -0.550. The van der Waals surface area contributed by atoms with E-state index in [4.69, 9.17) is 0 Å². The summed E-state index contributed by atoms with van der Waals surface area (Å²) in [6.45, 7) is 0. The van der Waals surface area contributed by atoms with E-state index in [1.165, 1.54) is 0 Å². The Balaban J connectivity index is 0.000000411. The third-order valence-electron chi connectivity index (χ3n) is 3.10. The first kappa shape index (κ1) is 22.8. The van der Waals surface area contributed by atoms with Crippen LogP contribution in [-0.2, 0) is 42.2 Å². The van der Waals surface area contributed by atoms with Crippen molar-refractivity contribution >= 4 is 23.9 Å². The molecule has 0 aliphatic carbocycles. The summed E-state index contributed by atoms with van der Waals surface area (Å²) >= 11 is 0. The number of esters is 4. The molecule has 0 amide bonds. The standard InChI is InChI=1S/2C8H4O3.2CH3.Y/c2*9-7-5-3-1-2-4-6(5)8(10)11-7;;;/h2*1-4H;2*1H3;/q;;2*-1;. The Labute approximate surface area is 170 Å². The first-order valence-corrected chi connectivity index (χ1v) is 6.29. The van der Waals surface area contributed by atoms with E-state index in [0.717, 1.165) is 0 Å². The minimum absolute atomic E-state index is 0. The van der Waals surface area contributed by atoms with E-state index in [-0.39, 0.29) is 47.6 Å². The number of cyclic esters (lactones) is 4. The second kappa shape index (κ2) is 9.34. The van der Waals surface area contributed by atoms with Crippen LogP contribution >= 0.6 is 0 Å². The smallest absolute Gasteiger partial charge is 0.346 e. The molecule has 0 N–H and O–H groups in total. The summed E-state index contributed by atoms with van der Waals surface area (Å²) in [5.41, 5.74) is 1.44. The van der Waals surface area contributed by atoms with Crippen LogP contribution in [0.4, 0.5) is 0 Å². The Morgan fingerprint density at radius 3 is 0.880 bits per heavy atom. The van der Waals surface area contributed by atoms with Gasteiger partial charge >= 0.3 is 23.9 Å². The molecular weight excluding hydrogens is 401 g/mol. The summed E-state index contributed by atoms with van der Waals surface area (Å²) in [6, 6.07) is 13.1. The third kappa shape index (κ3) is 4.47. The molecule has 2 aromatic rings. The molecule has 0 saturated heterocycles. The molecule has 0 spiro atoms. The predicted molar refractivity (Wildman–Crippen MR) is 85.2 cm³/mol. The Kier molecular flexibility index (Phi) is 8.53. The minimum Gasteiger partial charge on any atom is -0.386 e. The Morgan fingerprint density at radius 2 is 0.680 bits per heavy atom. The van der Waals surface area contributed by atoms with Gasteiger partial charge < -0.3 is 24.3 Å². The van der Waals surface area contributed by atoms with E-state index in [9.17, 15) is 19.2 Å². The van der Waals surface area contributed by atoms with Crippen molar-refractivity contribution in [1.29, 1.82) is 0 Å². The summed E-state index contributed by atoms with van der Waals surface area (Å²) in [6.07, 6.45) is 0. The molecule has 0 unspecified atom stereocenters. The van der Waals surface area contributed by atoms with Gasteiger partial charge in [-0.1, -0.05) is 24.3 Å². The number of ether oxygens (including phenoxy) is 2. The molecule has 4 rings (SSSR count). The maximum absolute atomic E-state index is 10.8. The summed E-state index contributed by atoms with van der Waals surface area (Å²) < 4.78 is 8.71. The molecule has 7 heteroatoms. The first-order valence-electron chi connectivity index (χ1n) is 6.29. The average Bonchev–Trinajstić information content (AvgIpc) is 2.99. The summed E-state index contributed by atoms with van der Waals surface area (Å²) in [5.74, 6) is -2.20. The molecule has 1 radical (unpaired) electrons. The van der Waals surface area contributed by atoms with Crippen molar-refractivity contribution in [3.05, 3.63) is 85.6 Å². The predicted octanol–water partition coefficient (Wildman–Crippen LogP) is 2.89. The maximum Gasteiger partial charge on any atom is 0.346 e. The summed E-state index contributed by atoms with van der Waals surface area (Å²) in [5, 5.41) is 0. The monoisotopic (exact) mass is 415 g/mol. The van der Waals surface area contributed by atoms with Gasteiger partial charge in [-0.25, -0.2) is 19.2 Å². The van der Waals surface area contributed by atoms with Crippen LogP contribution in [0.15, 0.2) is 48.5 Å². The molecule has 25 heavy (non-hydrogen) atoms. The first-order chi connectivity index (χ1) is 10.6. The van der Waals surface area contributed by atoms with Crippen molar-refractivity contribution in [1.82, 2.24) is 0 Å².